The fourth-order valence-corrected chi connectivity index (χ4v) is 1.02. The predicted octanol–water partition coefficient (Wildman–Crippen LogP) is 0.885. The van der Waals surface area contributed by atoms with Crippen LogP contribution in [-0.4, -0.2) is 18.3 Å². The molecule has 0 amide bonds. The van der Waals surface area contributed by atoms with Crippen LogP contribution in [0.4, 0.5) is 0 Å². The Kier molecular flexibility index (Phi) is 3.54. The normalized spacial score (nSPS) is 10.1. The number of ether oxygens (including phenoxy) is 1. The summed E-state index contributed by atoms with van der Waals surface area (Å²) in [4.78, 5) is 11.1. The van der Waals surface area contributed by atoms with Gasteiger partial charge in [0.25, 0.3) is 0 Å². The van der Waals surface area contributed by atoms with E-state index in [2.05, 4.69) is 0 Å². The van der Waals surface area contributed by atoms with Gasteiger partial charge in [-0.2, -0.15) is 0 Å². The minimum atomic E-state index is 0.0496. The van der Waals surface area contributed by atoms with Crippen LogP contribution < -0.4 is 5.56 Å². The number of aryl methyl sites for hydroxylation is 1. The smallest absolute Gasteiger partial charge is 0.250 e. The molecule has 12 heavy (non-hydrogen) atoms. The van der Waals surface area contributed by atoms with E-state index in [-0.39, 0.29) is 5.56 Å². The highest BCUT2D eigenvalue weighted by atomic mass is 16.5. The Hall–Kier alpha value is -1.09. The van der Waals surface area contributed by atoms with Crippen LogP contribution in [0.5, 0.6) is 0 Å². The van der Waals surface area contributed by atoms with Crippen molar-refractivity contribution in [2.24, 2.45) is 0 Å². The lowest BCUT2D eigenvalue weighted by Gasteiger charge is -2.02. The van der Waals surface area contributed by atoms with Crippen molar-refractivity contribution in [3.63, 3.8) is 0 Å². The zero-order valence-electron chi connectivity index (χ0n) is 7.19. The molecule has 0 atom stereocenters. The van der Waals surface area contributed by atoms with E-state index < -0.39 is 0 Å². The van der Waals surface area contributed by atoms with Crippen molar-refractivity contribution in [3.8, 4) is 0 Å². The van der Waals surface area contributed by atoms with E-state index in [4.69, 9.17) is 4.74 Å². The topological polar surface area (TPSA) is 31.2 Å². The zero-order chi connectivity index (χ0) is 8.81. The average Bonchev–Trinajstić information content (AvgIpc) is 2.09. The molecule has 1 aromatic heterocycles. The summed E-state index contributed by atoms with van der Waals surface area (Å²) < 4.78 is 6.57. The van der Waals surface area contributed by atoms with Gasteiger partial charge in [-0.25, -0.2) is 0 Å². The van der Waals surface area contributed by atoms with Gasteiger partial charge in [0, 0.05) is 32.5 Å². The lowest BCUT2D eigenvalue weighted by molar-refractivity contribution is 0.190. The second-order valence-corrected chi connectivity index (χ2v) is 2.58. The Morgan fingerprint density at radius 2 is 2.33 bits per heavy atom. The number of aromatic nitrogens is 1. The highest BCUT2D eigenvalue weighted by Crippen LogP contribution is 1.87. The number of rotatable bonds is 4. The van der Waals surface area contributed by atoms with Crippen LogP contribution in [0.15, 0.2) is 29.2 Å². The van der Waals surface area contributed by atoms with Crippen molar-refractivity contribution >= 4 is 0 Å². The number of pyridine rings is 1. The summed E-state index contributed by atoms with van der Waals surface area (Å²) in [5.41, 5.74) is 0.0496. The molecule has 0 bridgehead atoms. The summed E-state index contributed by atoms with van der Waals surface area (Å²) >= 11 is 0. The fourth-order valence-electron chi connectivity index (χ4n) is 1.02. The predicted molar refractivity (Wildman–Crippen MR) is 47.2 cm³/mol. The van der Waals surface area contributed by atoms with Crippen molar-refractivity contribution in [3.05, 3.63) is 34.7 Å². The summed E-state index contributed by atoms with van der Waals surface area (Å²) in [6.45, 7) is 1.43. The molecule has 66 valence electrons. The summed E-state index contributed by atoms with van der Waals surface area (Å²) in [5.74, 6) is 0. The van der Waals surface area contributed by atoms with Crippen molar-refractivity contribution in [1.82, 2.24) is 4.57 Å². The van der Waals surface area contributed by atoms with Gasteiger partial charge in [-0.15, -0.1) is 0 Å². The molecule has 3 nitrogen and oxygen atoms in total. The maximum atomic E-state index is 11.1. The molecule has 0 aliphatic rings. The first-order valence-electron chi connectivity index (χ1n) is 3.99. The SMILES string of the molecule is COCCCn1ccccc1=O. The number of hydrogen-bond donors (Lipinski definition) is 0. The number of nitrogens with zero attached hydrogens (tertiary/aromatic N) is 1. The van der Waals surface area contributed by atoms with E-state index in [0.29, 0.717) is 6.61 Å². The van der Waals surface area contributed by atoms with Crippen molar-refractivity contribution in [1.29, 1.82) is 0 Å². The summed E-state index contributed by atoms with van der Waals surface area (Å²) in [5, 5.41) is 0. The van der Waals surface area contributed by atoms with E-state index in [9.17, 15) is 4.79 Å². The molecule has 0 unspecified atom stereocenters. The number of methoxy groups -OCH3 is 1. The lowest BCUT2D eigenvalue weighted by Crippen LogP contribution is -2.18. The van der Waals surface area contributed by atoms with Crippen molar-refractivity contribution in [2.45, 2.75) is 13.0 Å². The molecule has 1 heterocycles. The third kappa shape index (κ3) is 2.51. The molecule has 1 rings (SSSR count). The molecule has 0 radical (unpaired) electrons. The minimum Gasteiger partial charge on any atom is -0.385 e. The first-order chi connectivity index (χ1) is 5.84. The van der Waals surface area contributed by atoms with Gasteiger partial charge in [0.05, 0.1) is 0 Å². The molecule has 0 aliphatic heterocycles. The summed E-state index contributed by atoms with van der Waals surface area (Å²) in [6, 6.07) is 5.16. The highest BCUT2D eigenvalue weighted by Gasteiger charge is 1.91. The van der Waals surface area contributed by atoms with Gasteiger partial charge in [0.1, 0.15) is 0 Å². The van der Waals surface area contributed by atoms with Gasteiger partial charge in [0.15, 0.2) is 0 Å². The maximum Gasteiger partial charge on any atom is 0.250 e. The Bertz CT molecular complexity index is 280. The van der Waals surface area contributed by atoms with Crippen LogP contribution in [0.1, 0.15) is 6.42 Å². The third-order valence-electron chi connectivity index (χ3n) is 1.65. The second-order valence-electron chi connectivity index (χ2n) is 2.58. The van der Waals surface area contributed by atoms with Crippen LogP contribution in [0.25, 0.3) is 0 Å². The van der Waals surface area contributed by atoms with Crippen LogP contribution >= 0.6 is 0 Å². The molecule has 3 heteroatoms. The number of hydrogen-bond acceptors (Lipinski definition) is 2. The molecule has 0 saturated carbocycles. The van der Waals surface area contributed by atoms with E-state index in [0.717, 1.165) is 13.0 Å². The lowest BCUT2D eigenvalue weighted by atomic mass is 10.4. The average molecular weight is 167 g/mol. The summed E-state index contributed by atoms with van der Waals surface area (Å²) in [7, 11) is 1.66. The Labute approximate surface area is 71.6 Å². The maximum absolute atomic E-state index is 11.1. The van der Waals surface area contributed by atoms with Gasteiger partial charge in [-0.3, -0.25) is 4.79 Å². The highest BCUT2D eigenvalue weighted by molar-refractivity contribution is 4.92. The molecule has 0 N–H and O–H groups in total. The van der Waals surface area contributed by atoms with E-state index in [1.54, 1.807) is 30.0 Å². The van der Waals surface area contributed by atoms with Gasteiger partial charge in [-0.05, 0) is 12.5 Å². The Morgan fingerprint density at radius 3 is 3.00 bits per heavy atom. The first kappa shape index (κ1) is 9.00. The third-order valence-corrected chi connectivity index (χ3v) is 1.65. The monoisotopic (exact) mass is 167 g/mol. The molecule has 0 aromatic carbocycles. The fraction of sp³-hybridized carbons (Fsp3) is 0.444. The molecular weight excluding hydrogens is 154 g/mol. The van der Waals surface area contributed by atoms with Gasteiger partial charge >= 0.3 is 0 Å². The van der Waals surface area contributed by atoms with Gasteiger partial charge in [0.2, 0.25) is 5.56 Å². The van der Waals surface area contributed by atoms with Gasteiger partial charge in [-0.1, -0.05) is 6.07 Å². The molecule has 0 spiro atoms. The van der Waals surface area contributed by atoms with Crippen LogP contribution in [0.2, 0.25) is 0 Å². The molecule has 1 aromatic rings. The molecule has 0 fully saturated rings. The molecule has 0 saturated heterocycles. The zero-order valence-corrected chi connectivity index (χ0v) is 7.19. The van der Waals surface area contributed by atoms with Crippen molar-refractivity contribution in [2.75, 3.05) is 13.7 Å². The van der Waals surface area contributed by atoms with Crippen molar-refractivity contribution < 1.29 is 4.74 Å². The standard InChI is InChI=1S/C9H13NO2/c1-12-8-4-7-10-6-3-2-5-9(10)11/h2-3,5-6H,4,7-8H2,1H3. The Morgan fingerprint density at radius 1 is 1.50 bits per heavy atom. The Balaban J connectivity index is 2.52. The van der Waals surface area contributed by atoms with Crippen LogP contribution in [0.3, 0.4) is 0 Å². The molecule has 0 aliphatic carbocycles. The van der Waals surface area contributed by atoms with E-state index >= 15 is 0 Å². The molecular formula is C9H13NO2. The quantitative estimate of drug-likeness (QED) is 0.623. The van der Waals surface area contributed by atoms with Crippen LogP contribution in [0, 0.1) is 0 Å². The summed E-state index contributed by atoms with van der Waals surface area (Å²) in [6.07, 6.45) is 2.67. The van der Waals surface area contributed by atoms with Crippen LogP contribution in [-0.2, 0) is 11.3 Å². The van der Waals surface area contributed by atoms with E-state index in [1.165, 1.54) is 0 Å². The largest absolute Gasteiger partial charge is 0.385 e. The first-order valence-corrected chi connectivity index (χ1v) is 3.99. The van der Waals surface area contributed by atoms with Gasteiger partial charge < -0.3 is 9.30 Å². The minimum absolute atomic E-state index is 0.0496. The van der Waals surface area contributed by atoms with E-state index in [1.807, 2.05) is 6.07 Å². The second kappa shape index (κ2) is 4.72.